The van der Waals surface area contributed by atoms with Gasteiger partial charge in [-0.3, -0.25) is 4.79 Å². The molecule has 0 bridgehead atoms. The van der Waals surface area contributed by atoms with Crippen molar-refractivity contribution in [3.05, 3.63) is 83.8 Å². The molecule has 3 rings (SSSR count). The lowest BCUT2D eigenvalue weighted by Gasteiger charge is -2.09. The first-order valence-electron chi connectivity index (χ1n) is 8.03. The summed E-state index contributed by atoms with van der Waals surface area (Å²) >= 11 is 0. The summed E-state index contributed by atoms with van der Waals surface area (Å²) in [4.78, 5) is 28.2. The molecule has 0 saturated carbocycles. The number of hydrogen-bond acceptors (Lipinski definition) is 5. The van der Waals surface area contributed by atoms with Gasteiger partial charge in [-0.2, -0.15) is 0 Å². The van der Waals surface area contributed by atoms with Gasteiger partial charge in [-0.05, 0) is 48.5 Å². The molecule has 0 unspecified atom stereocenters. The summed E-state index contributed by atoms with van der Waals surface area (Å²) in [5.41, 5.74) is 1.66. The Labute approximate surface area is 155 Å². The zero-order valence-electron chi connectivity index (χ0n) is 14.4. The summed E-state index contributed by atoms with van der Waals surface area (Å²) in [6, 6.07) is 15.4. The van der Waals surface area contributed by atoms with Crippen LogP contribution < -0.4 is 10.6 Å². The first-order valence-corrected chi connectivity index (χ1v) is 8.03. The van der Waals surface area contributed by atoms with Gasteiger partial charge >= 0.3 is 5.97 Å². The zero-order chi connectivity index (χ0) is 19.2. The lowest BCUT2D eigenvalue weighted by molar-refractivity contribution is 0.0600. The quantitative estimate of drug-likeness (QED) is 0.668. The van der Waals surface area contributed by atoms with Crippen LogP contribution in [0.4, 0.5) is 21.6 Å². The highest BCUT2D eigenvalue weighted by atomic mass is 19.1. The van der Waals surface area contributed by atoms with Crippen molar-refractivity contribution in [1.29, 1.82) is 0 Å². The second-order valence-corrected chi connectivity index (χ2v) is 5.59. The van der Waals surface area contributed by atoms with Gasteiger partial charge in [0.2, 0.25) is 0 Å². The fourth-order valence-electron chi connectivity index (χ4n) is 2.40. The lowest BCUT2D eigenvalue weighted by atomic mass is 10.2. The van der Waals surface area contributed by atoms with Crippen molar-refractivity contribution in [2.75, 3.05) is 17.7 Å². The number of benzene rings is 2. The average Bonchev–Trinajstić information content (AvgIpc) is 2.68. The van der Waals surface area contributed by atoms with Gasteiger partial charge < -0.3 is 15.4 Å². The molecule has 6 nitrogen and oxygen atoms in total. The summed E-state index contributed by atoms with van der Waals surface area (Å²) in [6.07, 6.45) is 1.47. The highest BCUT2D eigenvalue weighted by Gasteiger charge is 2.10. The average molecular weight is 365 g/mol. The third-order valence-electron chi connectivity index (χ3n) is 3.66. The molecule has 3 aromatic rings. The second kappa shape index (κ2) is 8.09. The Balaban J connectivity index is 1.75. The van der Waals surface area contributed by atoms with Gasteiger partial charge in [-0.1, -0.05) is 12.1 Å². The molecule has 0 fully saturated rings. The number of pyridine rings is 1. The first kappa shape index (κ1) is 18.1. The molecule has 136 valence electrons. The van der Waals surface area contributed by atoms with Crippen LogP contribution in [0.5, 0.6) is 0 Å². The van der Waals surface area contributed by atoms with Crippen LogP contribution in [0.15, 0.2) is 66.9 Å². The van der Waals surface area contributed by atoms with E-state index in [1.54, 1.807) is 42.5 Å². The third-order valence-corrected chi connectivity index (χ3v) is 3.66. The van der Waals surface area contributed by atoms with Crippen LogP contribution in [0.3, 0.4) is 0 Å². The van der Waals surface area contributed by atoms with Gasteiger partial charge in [0.05, 0.1) is 12.7 Å². The molecule has 0 spiro atoms. The first-order chi connectivity index (χ1) is 13.0. The van der Waals surface area contributed by atoms with Crippen LogP contribution in [-0.4, -0.2) is 24.0 Å². The van der Waals surface area contributed by atoms with E-state index in [0.717, 1.165) is 0 Å². The van der Waals surface area contributed by atoms with Crippen molar-refractivity contribution in [2.24, 2.45) is 0 Å². The predicted molar refractivity (Wildman–Crippen MR) is 99.7 cm³/mol. The lowest BCUT2D eigenvalue weighted by Crippen LogP contribution is -2.13. The Morgan fingerprint density at radius 2 is 1.74 bits per heavy atom. The van der Waals surface area contributed by atoms with Crippen LogP contribution in [-0.2, 0) is 4.74 Å². The number of aromatic nitrogens is 1. The van der Waals surface area contributed by atoms with Crippen molar-refractivity contribution >= 4 is 29.1 Å². The van der Waals surface area contributed by atoms with Crippen LogP contribution in [0.1, 0.15) is 20.7 Å². The molecule has 27 heavy (non-hydrogen) atoms. The van der Waals surface area contributed by atoms with Crippen molar-refractivity contribution in [1.82, 2.24) is 4.98 Å². The predicted octanol–water partition coefficient (Wildman–Crippen LogP) is 4.00. The van der Waals surface area contributed by atoms with Gasteiger partial charge in [0.15, 0.2) is 0 Å². The summed E-state index contributed by atoms with van der Waals surface area (Å²) in [7, 11) is 1.29. The third kappa shape index (κ3) is 4.66. The van der Waals surface area contributed by atoms with E-state index >= 15 is 0 Å². The van der Waals surface area contributed by atoms with Gasteiger partial charge in [0, 0.05) is 23.1 Å². The Morgan fingerprint density at radius 3 is 2.52 bits per heavy atom. The SMILES string of the molecule is COC(=O)c1cccc(NC(=O)c2ccnc(Nc3cccc(F)c3)c2)c1. The van der Waals surface area contributed by atoms with E-state index in [0.29, 0.717) is 28.3 Å². The van der Waals surface area contributed by atoms with Crippen LogP contribution in [0, 0.1) is 5.82 Å². The smallest absolute Gasteiger partial charge is 0.337 e. The Kier molecular flexibility index (Phi) is 5.41. The highest BCUT2D eigenvalue weighted by Crippen LogP contribution is 2.18. The maximum Gasteiger partial charge on any atom is 0.337 e. The summed E-state index contributed by atoms with van der Waals surface area (Å²) in [5, 5.41) is 5.66. The molecular weight excluding hydrogens is 349 g/mol. The fourth-order valence-corrected chi connectivity index (χ4v) is 2.40. The number of esters is 1. The van der Waals surface area contributed by atoms with Crippen molar-refractivity contribution in [3.8, 4) is 0 Å². The van der Waals surface area contributed by atoms with E-state index < -0.39 is 5.97 Å². The minimum absolute atomic E-state index is 0.332. The highest BCUT2D eigenvalue weighted by molar-refractivity contribution is 6.05. The Hall–Kier alpha value is -3.74. The van der Waals surface area contributed by atoms with Crippen LogP contribution in [0.2, 0.25) is 0 Å². The van der Waals surface area contributed by atoms with Crippen molar-refractivity contribution in [2.45, 2.75) is 0 Å². The van der Waals surface area contributed by atoms with Gasteiger partial charge in [-0.15, -0.1) is 0 Å². The molecule has 1 heterocycles. The maximum atomic E-state index is 13.3. The number of hydrogen-bond donors (Lipinski definition) is 2. The molecule has 0 aliphatic rings. The largest absolute Gasteiger partial charge is 0.465 e. The molecule has 2 N–H and O–H groups in total. The number of carbonyl (C=O) groups is 2. The molecule has 2 aromatic carbocycles. The minimum atomic E-state index is -0.489. The zero-order valence-corrected chi connectivity index (χ0v) is 14.4. The number of amides is 1. The number of rotatable bonds is 5. The number of ether oxygens (including phenoxy) is 1. The number of carbonyl (C=O) groups excluding carboxylic acids is 2. The molecule has 0 aliphatic heterocycles. The Bertz CT molecular complexity index is 991. The number of anilines is 3. The summed E-state index contributed by atoms with van der Waals surface area (Å²) in [6.45, 7) is 0. The van der Waals surface area contributed by atoms with E-state index in [4.69, 9.17) is 0 Å². The molecule has 7 heteroatoms. The van der Waals surface area contributed by atoms with Crippen LogP contribution in [0.25, 0.3) is 0 Å². The van der Waals surface area contributed by atoms with E-state index in [2.05, 4.69) is 20.4 Å². The standard InChI is InChI=1S/C20H16FN3O3/c1-27-20(26)14-4-2-6-16(10-14)24-19(25)13-8-9-22-18(11-13)23-17-7-3-5-15(21)12-17/h2-12H,1H3,(H,22,23)(H,24,25). The van der Waals surface area contributed by atoms with Crippen molar-refractivity contribution < 1.29 is 18.7 Å². The number of nitrogens with one attached hydrogen (secondary N) is 2. The Morgan fingerprint density at radius 1 is 0.963 bits per heavy atom. The van der Waals surface area contributed by atoms with E-state index in [-0.39, 0.29) is 11.7 Å². The fraction of sp³-hybridized carbons (Fsp3) is 0.0500. The number of methoxy groups -OCH3 is 1. The van der Waals surface area contributed by atoms with Gasteiger partial charge in [0.25, 0.3) is 5.91 Å². The molecular formula is C20H16FN3O3. The summed E-state index contributed by atoms with van der Waals surface area (Å²) in [5.74, 6) is -0.839. The number of nitrogens with zero attached hydrogens (tertiary/aromatic N) is 1. The molecule has 0 saturated heterocycles. The van der Waals surface area contributed by atoms with Gasteiger partial charge in [0.1, 0.15) is 11.6 Å². The number of halogens is 1. The monoisotopic (exact) mass is 365 g/mol. The minimum Gasteiger partial charge on any atom is -0.465 e. The molecule has 0 atom stereocenters. The summed E-state index contributed by atoms with van der Waals surface area (Å²) < 4.78 is 17.9. The van der Waals surface area contributed by atoms with Crippen LogP contribution >= 0.6 is 0 Å². The maximum absolute atomic E-state index is 13.3. The topological polar surface area (TPSA) is 80.3 Å². The molecule has 1 amide bonds. The molecule has 0 aliphatic carbocycles. The van der Waals surface area contributed by atoms with E-state index in [1.165, 1.54) is 31.5 Å². The molecule has 1 aromatic heterocycles. The van der Waals surface area contributed by atoms with Crippen molar-refractivity contribution in [3.63, 3.8) is 0 Å². The molecule has 0 radical (unpaired) electrons. The van der Waals surface area contributed by atoms with E-state index in [9.17, 15) is 14.0 Å². The normalized spacial score (nSPS) is 10.1. The van der Waals surface area contributed by atoms with Gasteiger partial charge in [-0.25, -0.2) is 14.2 Å². The second-order valence-electron chi connectivity index (χ2n) is 5.59. The van der Waals surface area contributed by atoms with E-state index in [1.807, 2.05) is 0 Å².